The van der Waals surface area contributed by atoms with Crippen molar-refractivity contribution in [1.82, 2.24) is 0 Å². The average Bonchev–Trinajstić information content (AvgIpc) is 2.46. The number of carbonyl (C=O) groups is 1. The lowest BCUT2D eigenvalue weighted by atomic mass is 10.1. The normalized spacial score (nSPS) is 12.9. The third kappa shape index (κ3) is 17.1. The zero-order valence-corrected chi connectivity index (χ0v) is 13.7. The summed E-state index contributed by atoms with van der Waals surface area (Å²) in [6, 6.07) is 0. The van der Waals surface area contributed by atoms with Crippen LogP contribution in [0.1, 0.15) is 90.4 Å². The monoisotopic (exact) mass is 298 g/mol. The van der Waals surface area contributed by atoms with Gasteiger partial charge in [-0.05, 0) is 44.9 Å². The number of aliphatic hydroxyl groups excluding tert-OH is 1. The molecule has 1 atom stereocenters. The van der Waals surface area contributed by atoms with Gasteiger partial charge in [-0.3, -0.25) is 4.79 Å². The summed E-state index contributed by atoms with van der Waals surface area (Å²) in [5.74, 6) is -0.691. The van der Waals surface area contributed by atoms with Gasteiger partial charge in [0.1, 0.15) is 0 Å². The van der Waals surface area contributed by atoms with Crippen molar-refractivity contribution in [3.8, 4) is 0 Å². The number of carboxylic acids is 1. The number of unbranched alkanes of at least 4 members (excludes halogenated alkanes) is 8. The van der Waals surface area contributed by atoms with Crippen LogP contribution >= 0.6 is 0 Å². The molecule has 0 aliphatic heterocycles. The van der Waals surface area contributed by atoms with Crippen LogP contribution in [0.5, 0.6) is 0 Å². The van der Waals surface area contributed by atoms with Crippen molar-refractivity contribution in [2.24, 2.45) is 0 Å². The molecule has 0 aliphatic carbocycles. The number of rotatable bonds is 15. The fourth-order valence-corrected chi connectivity index (χ4v) is 2.33. The molecule has 0 aromatic carbocycles. The summed E-state index contributed by atoms with van der Waals surface area (Å²) in [6.07, 6.45) is 17.9. The van der Waals surface area contributed by atoms with E-state index in [0.29, 0.717) is 6.42 Å². The molecule has 0 rings (SSSR count). The Morgan fingerprint density at radius 3 is 2.00 bits per heavy atom. The molecular formula is C18H34O3. The van der Waals surface area contributed by atoms with Crippen LogP contribution in [0.3, 0.4) is 0 Å². The molecule has 0 fully saturated rings. The molecule has 2 N–H and O–H groups in total. The van der Waals surface area contributed by atoms with E-state index in [2.05, 4.69) is 12.2 Å². The Morgan fingerprint density at radius 1 is 0.905 bits per heavy atom. The van der Waals surface area contributed by atoms with E-state index in [1.165, 1.54) is 32.1 Å². The second-order valence-electron chi connectivity index (χ2n) is 5.87. The van der Waals surface area contributed by atoms with Crippen LogP contribution in [-0.2, 0) is 4.79 Å². The second kappa shape index (κ2) is 15.6. The Morgan fingerprint density at radius 2 is 1.43 bits per heavy atom. The first-order valence-corrected chi connectivity index (χ1v) is 8.71. The van der Waals surface area contributed by atoms with E-state index in [1.54, 1.807) is 0 Å². The van der Waals surface area contributed by atoms with Gasteiger partial charge in [-0.15, -0.1) is 0 Å². The lowest BCUT2D eigenvalue weighted by Crippen LogP contribution is -2.03. The summed E-state index contributed by atoms with van der Waals surface area (Å²) in [4.78, 5) is 10.3. The smallest absolute Gasteiger partial charge is 0.303 e. The molecule has 0 heterocycles. The molecule has 0 saturated carbocycles. The molecule has 0 bridgehead atoms. The van der Waals surface area contributed by atoms with E-state index in [1.807, 2.05) is 6.92 Å². The van der Waals surface area contributed by atoms with Gasteiger partial charge >= 0.3 is 5.97 Å². The highest BCUT2D eigenvalue weighted by atomic mass is 16.4. The van der Waals surface area contributed by atoms with Crippen molar-refractivity contribution < 1.29 is 15.0 Å². The second-order valence-corrected chi connectivity index (χ2v) is 5.87. The maximum absolute atomic E-state index is 10.3. The van der Waals surface area contributed by atoms with E-state index < -0.39 is 5.97 Å². The summed E-state index contributed by atoms with van der Waals surface area (Å²) in [7, 11) is 0. The van der Waals surface area contributed by atoms with E-state index in [0.717, 1.165) is 44.9 Å². The molecule has 0 spiro atoms. The standard InChI is InChI=1S/C18H34O3/c1-2-17(19)15-13-11-9-7-5-3-4-6-8-10-12-14-16-18(20)21/h6,8,17,19H,2-5,7,9-16H2,1H3,(H,20,21)/b8-6-. The third-order valence-electron chi connectivity index (χ3n) is 3.81. The van der Waals surface area contributed by atoms with Crippen LogP contribution in [0.2, 0.25) is 0 Å². The van der Waals surface area contributed by atoms with Crippen molar-refractivity contribution in [3.63, 3.8) is 0 Å². The zero-order valence-electron chi connectivity index (χ0n) is 13.7. The lowest BCUT2D eigenvalue weighted by Gasteiger charge is -2.06. The van der Waals surface area contributed by atoms with Crippen molar-refractivity contribution >= 4 is 5.97 Å². The number of aliphatic hydroxyl groups is 1. The van der Waals surface area contributed by atoms with Crippen LogP contribution in [0.25, 0.3) is 0 Å². The van der Waals surface area contributed by atoms with Crippen molar-refractivity contribution in [3.05, 3.63) is 12.2 Å². The fourth-order valence-electron chi connectivity index (χ4n) is 2.33. The number of carboxylic acid groups (broad SMARTS) is 1. The number of hydrogen-bond donors (Lipinski definition) is 2. The molecule has 0 aromatic rings. The summed E-state index contributed by atoms with van der Waals surface area (Å²) >= 11 is 0. The predicted molar refractivity (Wildman–Crippen MR) is 88.5 cm³/mol. The quantitative estimate of drug-likeness (QED) is 0.327. The van der Waals surface area contributed by atoms with E-state index in [4.69, 9.17) is 5.11 Å². The topological polar surface area (TPSA) is 57.5 Å². The summed E-state index contributed by atoms with van der Waals surface area (Å²) in [5, 5.41) is 17.9. The SMILES string of the molecule is CCC(O)CCCCCCCC/C=C\CCCCC(=O)O. The highest BCUT2D eigenvalue weighted by molar-refractivity contribution is 5.66. The number of hydrogen-bond acceptors (Lipinski definition) is 2. The fraction of sp³-hybridized carbons (Fsp3) is 0.833. The Balaban J connectivity index is 3.13. The molecule has 1 unspecified atom stereocenters. The van der Waals surface area contributed by atoms with Gasteiger partial charge in [0.25, 0.3) is 0 Å². The molecule has 0 saturated heterocycles. The molecular weight excluding hydrogens is 264 g/mol. The van der Waals surface area contributed by atoms with E-state index in [-0.39, 0.29) is 6.10 Å². The Labute approximate surface area is 130 Å². The van der Waals surface area contributed by atoms with Gasteiger partial charge in [0.2, 0.25) is 0 Å². The first kappa shape index (κ1) is 20.2. The largest absolute Gasteiger partial charge is 0.481 e. The number of allylic oxidation sites excluding steroid dienone is 2. The van der Waals surface area contributed by atoms with E-state index in [9.17, 15) is 9.90 Å². The van der Waals surface area contributed by atoms with Crippen LogP contribution in [0.4, 0.5) is 0 Å². The molecule has 3 nitrogen and oxygen atoms in total. The highest BCUT2D eigenvalue weighted by Crippen LogP contribution is 2.11. The van der Waals surface area contributed by atoms with Gasteiger partial charge in [0.05, 0.1) is 6.10 Å². The molecule has 3 heteroatoms. The summed E-state index contributed by atoms with van der Waals surface area (Å²) in [6.45, 7) is 2.03. The van der Waals surface area contributed by atoms with Crippen LogP contribution < -0.4 is 0 Å². The minimum atomic E-state index is -0.691. The highest BCUT2D eigenvalue weighted by Gasteiger charge is 1.99. The van der Waals surface area contributed by atoms with Crippen molar-refractivity contribution in [1.29, 1.82) is 0 Å². The minimum absolute atomic E-state index is 0.0920. The van der Waals surface area contributed by atoms with Gasteiger partial charge in [-0.25, -0.2) is 0 Å². The molecule has 0 aromatic heterocycles. The van der Waals surface area contributed by atoms with Crippen molar-refractivity contribution in [2.75, 3.05) is 0 Å². The molecule has 124 valence electrons. The van der Waals surface area contributed by atoms with Gasteiger partial charge in [0.15, 0.2) is 0 Å². The molecule has 21 heavy (non-hydrogen) atoms. The van der Waals surface area contributed by atoms with E-state index >= 15 is 0 Å². The maximum Gasteiger partial charge on any atom is 0.303 e. The predicted octanol–water partition coefficient (Wildman–Crippen LogP) is 5.08. The van der Waals surface area contributed by atoms with Gasteiger partial charge in [-0.2, -0.15) is 0 Å². The van der Waals surface area contributed by atoms with Crippen molar-refractivity contribution in [2.45, 2.75) is 96.5 Å². The minimum Gasteiger partial charge on any atom is -0.481 e. The Bertz CT molecular complexity index is 261. The summed E-state index contributed by atoms with van der Waals surface area (Å²) in [5.41, 5.74) is 0. The molecule has 0 radical (unpaired) electrons. The number of aliphatic carboxylic acids is 1. The summed E-state index contributed by atoms with van der Waals surface area (Å²) < 4.78 is 0. The van der Waals surface area contributed by atoms with Gasteiger partial charge in [0, 0.05) is 6.42 Å². The lowest BCUT2D eigenvalue weighted by molar-refractivity contribution is -0.137. The Kier molecular flexibility index (Phi) is 14.9. The zero-order chi connectivity index (χ0) is 15.8. The maximum atomic E-state index is 10.3. The first-order chi connectivity index (χ1) is 10.2. The first-order valence-electron chi connectivity index (χ1n) is 8.71. The van der Waals surface area contributed by atoms with Crippen LogP contribution in [0.15, 0.2) is 12.2 Å². The third-order valence-corrected chi connectivity index (χ3v) is 3.81. The average molecular weight is 298 g/mol. The van der Waals surface area contributed by atoms with Gasteiger partial charge < -0.3 is 10.2 Å². The van der Waals surface area contributed by atoms with Crippen LogP contribution in [-0.4, -0.2) is 22.3 Å². The van der Waals surface area contributed by atoms with Crippen LogP contribution in [0, 0.1) is 0 Å². The molecule has 0 aliphatic rings. The van der Waals surface area contributed by atoms with Gasteiger partial charge in [-0.1, -0.05) is 51.2 Å². The molecule has 0 amide bonds. The Hall–Kier alpha value is -0.830.